The summed E-state index contributed by atoms with van der Waals surface area (Å²) >= 11 is 1.39. The standard InChI is InChI=1S/C18H15N3O2S/c22-17(8-10-21-9-7-13-4-1-2-5-15(13)21)20-18-19-14(12-24-18)16-6-3-11-23-16/h1-7,9,11-12H,8,10H2,(H,19,20,22). The van der Waals surface area contributed by atoms with Gasteiger partial charge in [-0.15, -0.1) is 11.3 Å². The van der Waals surface area contributed by atoms with Crippen LogP contribution in [0.2, 0.25) is 0 Å². The van der Waals surface area contributed by atoms with Gasteiger partial charge in [-0.2, -0.15) is 0 Å². The van der Waals surface area contributed by atoms with Gasteiger partial charge in [0.15, 0.2) is 10.9 Å². The van der Waals surface area contributed by atoms with Gasteiger partial charge in [-0.25, -0.2) is 4.98 Å². The second kappa shape index (κ2) is 6.33. The SMILES string of the molecule is O=C(CCn1ccc2ccccc21)Nc1nc(-c2ccco2)cs1. The van der Waals surface area contributed by atoms with Crippen LogP contribution in [0.1, 0.15) is 6.42 Å². The van der Waals surface area contributed by atoms with E-state index in [4.69, 9.17) is 4.42 Å². The van der Waals surface area contributed by atoms with Crippen LogP contribution >= 0.6 is 11.3 Å². The molecule has 6 heteroatoms. The minimum absolute atomic E-state index is 0.0480. The van der Waals surface area contributed by atoms with E-state index in [2.05, 4.69) is 33.1 Å². The fourth-order valence-corrected chi connectivity index (χ4v) is 3.32. The first-order valence-corrected chi connectivity index (χ1v) is 8.51. The molecule has 0 aliphatic rings. The Labute approximate surface area is 142 Å². The quantitative estimate of drug-likeness (QED) is 0.588. The fraction of sp³-hybridized carbons (Fsp3) is 0.111. The number of nitrogens with one attached hydrogen (secondary N) is 1. The van der Waals surface area contributed by atoms with Crippen LogP contribution in [-0.2, 0) is 11.3 Å². The summed E-state index contributed by atoms with van der Waals surface area (Å²) in [6.45, 7) is 0.635. The highest BCUT2D eigenvalue weighted by molar-refractivity contribution is 7.14. The van der Waals surface area contributed by atoms with Crippen molar-refractivity contribution in [3.05, 3.63) is 60.3 Å². The van der Waals surface area contributed by atoms with Crippen molar-refractivity contribution < 1.29 is 9.21 Å². The highest BCUT2D eigenvalue weighted by Gasteiger charge is 2.10. The first-order valence-electron chi connectivity index (χ1n) is 7.63. The van der Waals surface area contributed by atoms with E-state index < -0.39 is 0 Å². The molecule has 0 saturated carbocycles. The Balaban J connectivity index is 1.38. The highest BCUT2D eigenvalue weighted by atomic mass is 32.1. The minimum Gasteiger partial charge on any atom is -0.463 e. The van der Waals surface area contributed by atoms with E-state index in [1.807, 2.05) is 35.8 Å². The molecule has 0 aliphatic carbocycles. The number of carbonyl (C=O) groups is 1. The van der Waals surface area contributed by atoms with E-state index >= 15 is 0 Å². The van der Waals surface area contributed by atoms with Crippen LogP contribution in [0.5, 0.6) is 0 Å². The van der Waals surface area contributed by atoms with Gasteiger partial charge in [0.25, 0.3) is 0 Å². The van der Waals surface area contributed by atoms with Gasteiger partial charge < -0.3 is 14.3 Å². The van der Waals surface area contributed by atoms with Crippen LogP contribution in [0, 0.1) is 0 Å². The molecule has 0 aliphatic heterocycles. The summed E-state index contributed by atoms with van der Waals surface area (Å²) in [6.07, 6.45) is 4.01. The number of anilines is 1. The van der Waals surface area contributed by atoms with Gasteiger partial charge in [-0.05, 0) is 29.7 Å². The maximum atomic E-state index is 12.2. The topological polar surface area (TPSA) is 60.1 Å². The lowest BCUT2D eigenvalue weighted by atomic mass is 10.2. The first-order chi connectivity index (χ1) is 11.8. The first kappa shape index (κ1) is 14.7. The van der Waals surface area contributed by atoms with Crippen LogP contribution < -0.4 is 5.32 Å². The summed E-state index contributed by atoms with van der Waals surface area (Å²) in [5, 5.41) is 6.49. The van der Waals surface area contributed by atoms with Crippen LogP contribution in [0.15, 0.2) is 64.7 Å². The molecule has 0 unspecified atom stereocenters. The van der Waals surface area contributed by atoms with Crippen molar-refractivity contribution in [1.82, 2.24) is 9.55 Å². The number of hydrogen-bond donors (Lipinski definition) is 1. The summed E-state index contributed by atoms with van der Waals surface area (Å²) in [6, 6.07) is 13.9. The number of furan rings is 1. The molecule has 0 spiro atoms. The molecule has 0 atom stereocenters. The summed E-state index contributed by atoms with van der Waals surface area (Å²) < 4.78 is 7.39. The lowest BCUT2D eigenvalue weighted by molar-refractivity contribution is -0.116. The van der Waals surface area contributed by atoms with Gasteiger partial charge in [-0.3, -0.25) is 4.79 Å². The Morgan fingerprint density at radius 2 is 2.12 bits per heavy atom. The van der Waals surface area contributed by atoms with Gasteiger partial charge in [0.05, 0.1) is 6.26 Å². The summed E-state index contributed by atoms with van der Waals surface area (Å²) in [7, 11) is 0. The van der Waals surface area contributed by atoms with E-state index in [0.717, 1.165) is 11.2 Å². The third-order valence-electron chi connectivity index (χ3n) is 3.78. The smallest absolute Gasteiger partial charge is 0.227 e. The predicted molar refractivity (Wildman–Crippen MR) is 95.0 cm³/mol. The van der Waals surface area contributed by atoms with Crippen LogP contribution in [0.3, 0.4) is 0 Å². The molecular formula is C18H15N3O2S. The second-order valence-electron chi connectivity index (χ2n) is 5.38. The minimum atomic E-state index is -0.0480. The molecule has 0 bridgehead atoms. The molecule has 24 heavy (non-hydrogen) atoms. The fourth-order valence-electron chi connectivity index (χ4n) is 2.61. The highest BCUT2D eigenvalue weighted by Crippen LogP contribution is 2.25. The summed E-state index contributed by atoms with van der Waals surface area (Å²) in [5.41, 5.74) is 1.87. The summed E-state index contributed by atoms with van der Waals surface area (Å²) in [4.78, 5) is 16.5. The Bertz CT molecular complexity index is 969. The Morgan fingerprint density at radius 1 is 1.21 bits per heavy atom. The molecule has 0 fully saturated rings. The number of para-hydroxylation sites is 1. The van der Waals surface area contributed by atoms with Gasteiger partial charge in [-0.1, -0.05) is 18.2 Å². The summed E-state index contributed by atoms with van der Waals surface area (Å²) in [5.74, 6) is 0.652. The number of aromatic nitrogens is 2. The van der Waals surface area contributed by atoms with Crippen molar-refractivity contribution in [3.8, 4) is 11.5 Å². The molecule has 1 N–H and O–H groups in total. The third-order valence-corrected chi connectivity index (χ3v) is 4.54. The van der Waals surface area contributed by atoms with E-state index in [1.54, 1.807) is 6.26 Å². The molecule has 5 nitrogen and oxygen atoms in total. The molecule has 1 amide bonds. The average molecular weight is 337 g/mol. The average Bonchev–Trinajstić information content (AvgIpc) is 3.33. The van der Waals surface area contributed by atoms with Gasteiger partial charge in [0.2, 0.25) is 5.91 Å². The number of benzene rings is 1. The van der Waals surface area contributed by atoms with E-state index in [0.29, 0.717) is 23.9 Å². The third kappa shape index (κ3) is 2.96. The molecule has 0 saturated heterocycles. The zero-order chi connectivity index (χ0) is 16.4. The molecule has 4 aromatic rings. The number of thiazole rings is 1. The lowest BCUT2D eigenvalue weighted by Gasteiger charge is -2.05. The zero-order valence-electron chi connectivity index (χ0n) is 12.8. The maximum Gasteiger partial charge on any atom is 0.227 e. The van der Waals surface area contributed by atoms with Crippen LogP contribution in [-0.4, -0.2) is 15.5 Å². The Morgan fingerprint density at radius 3 is 3.00 bits per heavy atom. The molecule has 4 rings (SSSR count). The van der Waals surface area contributed by atoms with E-state index in [9.17, 15) is 4.79 Å². The lowest BCUT2D eigenvalue weighted by Crippen LogP contribution is -2.14. The van der Waals surface area contributed by atoms with E-state index in [-0.39, 0.29) is 5.91 Å². The van der Waals surface area contributed by atoms with Crippen molar-refractivity contribution in [2.45, 2.75) is 13.0 Å². The maximum absolute atomic E-state index is 12.2. The Hall–Kier alpha value is -2.86. The number of hydrogen-bond acceptors (Lipinski definition) is 4. The monoisotopic (exact) mass is 337 g/mol. The molecular weight excluding hydrogens is 322 g/mol. The number of fused-ring (bicyclic) bond motifs is 1. The second-order valence-corrected chi connectivity index (χ2v) is 6.24. The van der Waals surface area contributed by atoms with Crippen LogP contribution in [0.25, 0.3) is 22.4 Å². The van der Waals surface area contributed by atoms with Crippen LogP contribution in [0.4, 0.5) is 5.13 Å². The number of aryl methyl sites for hydroxylation is 1. The number of rotatable bonds is 5. The molecule has 0 radical (unpaired) electrons. The van der Waals surface area contributed by atoms with Crippen molar-refractivity contribution in [2.24, 2.45) is 0 Å². The van der Waals surface area contributed by atoms with Gasteiger partial charge in [0, 0.05) is 30.1 Å². The number of amides is 1. The van der Waals surface area contributed by atoms with E-state index in [1.165, 1.54) is 16.7 Å². The normalized spacial score (nSPS) is 11.0. The van der Waals surface area contributed by atoms with Crippen molar-refractivity contribution in [3.63, 3.8) is 0 Å². The van der Waals surface area contributed by atoms with Crippen molar-refractivity contribution in [1.29, 1.82) is 0 Å². The van der Waals surface area contributed by atoms with Gasteiger partial charge >= 0.3 is 0 Å². The molecule has 3 aromatic heterocycles. The van der Waals surface area contributed by atoms with Crippen molar-refractivity contribution >= 4 is 33.3 Å². The largest absolute Gasteiger partial charge is 0.463 e. The zero-order valence-corrected chi connectivity index (χ0v) is 13.6. The molecule has 1 aromatic carbocycles. The molecule has 120 valence electrons. The number of nitrogens with zero attached hydrogens (tertiary/aromatic N) is 2. The Kier molecular flexibility index (Phi) is 3.88. The van der Waals surface area contributed by atoms with Gasteiger partial charge in [0.1, 0.15) is 5.69 Å². The molecule has 3 heterocycles. The van der Waals surface area contributed by atoms with Crippen molar-refractivity contribution in [2.75, 3.05) is 5.32 Å². The predicted octanol–water partition coefficient (Wildman–Crippen LogP) is 4.39. The number of carbonyl (C=O) groups excluding carboxylic acids is 1.